The first-order valence-electron chi connectivity index (χ1n) is 8.63. The number of aromatic nitrogens is 1. The Morgan fingerprint density at radius 1 is 1.13 bits per heavy atom. The average Bonchev–Trinajstić information content (AvgIpc) is 3.08. The Morgan fingerprint density at radius 2 is 1.83 bits per heavy atom. The highest BCUT2D eigenvalue weighted by molar-refractivity contribution is 7.92. The number of carbonyl (C=O) groups excluding carboxylic acids is 1. The largest absolute Gasteiger partial charge is 0.479 e. The zero-order chi connectivity index (χ0) is 21.9. The van der Waals surface area contributed by atoms with E-state index in [1.807, 2.05) is 0 Å². The number of aryl methyl sites for hydroxylation is 1. The van der Waals surface area contributed by atoms with Crippen molar-refractivity contribution in [2.24, 2.45) is 0 Å². The fourth-order valence-electron chi connectivity index (χ4n) is 2.39. The molecule has 3 rings (SSSR count). The van der Waals surface area contributed by atoms with E-state index < -0.39 is 22.0 Å². The van der Waals surface area contributed by atoms with Crippen molar-refractivity contribution >= 4 is 50.6 Å². The van der Waals surface area contributed by atoms with Crippen molar-refractivity contribution in [2.75, 3.05) is 10.0 Å². The lowest BCUT2D eigenvalue weighted by molar-refractivity contribution is -0.122. The smallest absolute Gasteiger partial charge is 0.265 e. The molecule has 8 nitrogen and oxygen atoms in total. The number of halogens is 2. The van der Waals surface area contributed by atoms with E-state index in [0.29, 0.717) is 22.2 Å². The Balaban J connectivity index is 1.63. The van der Waals surface area contributed by atoms with Crippen LogP contribution >= 0.6 is 23.2 Å². The van der Waals surface area contributed by atoms with E-state index in [0.717, 1.165) is 0 Å². The molecule has 0 spiro atoms. The maximum atomic E-state index is 12.4. The van der Waals surface area contributed by atoms with Crippen LogP contribution in [0, 0.1) is 6.92 Å². The number of sulfonamides is 1. The molecule has 1 aromatic heterocycles. The summed E-state index contributed by atoms with van der Waals surface area (Å²) in [6.45, 7) is 3.21. The highest BCUT2D eigenvalue weighted by Crippen LogP contribution is 2.28. The number of benzene rings is 2. The fraction of sp³-hybridized carbons (Fsp3) is 0.158. The Morgan fingerprint density at radius 3 is 2.43 bits per heavy atom. The number of ether oxygens (including phenoxy) is 1. The summed E-state index contributed by atoms with van der Waals surface area (Å²) in [5.74, 6) is 0.436. The fourth-order valence-corrected chi connectivity index (χ4v) is 3.82. The quantitative estimate of drug-likeness (QED) is 0.526. The van der Waals surface area contributed by atoms with Gasteiger partial charge in [-0.05, 0) is 56.3 Å². The molecular weight excluding hydrogens is 453 g/mol. The summed E-state index contributed by atoms with van der Waals surface area (Å²) in [7, 11) is -3.85. The number of rotatable bonds is 7. The third-order valence-electron chi connectivity index (χ3n) is 3.87. The number of hydrogen-bond acceptors (Lipinski definition) is 6. The second-order valence-electron chi connectivity index (χ2n) is 6.28. The van der Waals surface area contributed by atoms with Crippen LogP contribution in [0.2, 0.25) is 10.0 Å². The Kier molecular flexibility index (Phi) is 6.55. The van der Waals surface area contributed by atoms with Gasteiger partial charge in [0.1, 0.15) is 11.5 Å². The van der Waals surface area contributed by atoms with E-state index in [4.69, 9.17) is 32.5 Å². The molecule has 0 aliphatic heterocycles. The van der Waals surface area contributed by atoms with Gasteiger partial charge in [-0.3, -0.25) is 9.52 Å². The van der Waals surface area contributed by atoms with Crippen LogP contribution in [0.15, 0.2) is 57.9 Å². The predicted octanol–water partition coefficient (Wildman–Crippen LogP) is 4.50. The van der Waals surface area contributed by atoms with Gasteiger partial charge in [-0.1, -0.05) is 28.4 Å². The monoisotopic (exact) mass is 469 g/mol. The van der Waals surface area contributed by atoms with Crippen LogP contribution in [0.5, 0.6) is 5.75 Å². The van der Waals surface area contributed by atoms with Crippen molar-refractivity contribution in [1.82, 2.24) is 5.16 Å². The number of nitrogens with zero attached hydrogens (tertiary/aromatic N) is 1. The standard InChI is InChI=1S/C19H17Cl2N3O5S/c1-11-9-18(23-29-11)24-30(26,27)15-6-4-14(5-7-15)22-19(25)12(2)28-17-8-3-13(20)10-16(17)21/h3-10,12H,1-2H3,(H,22,25)(H,23,24)/t12-/m0/s1. The van der Waals surface area contributed by atoms with Gasteiger partial charge in [0, 0.05) is 16.8 Å². The summed E-state index contributed by atoms with van der Waals surface area (Å²) < 4.78 is 37.5. The summed E-state index contributed by atoms with van der Waals surface area (Å²) in [5.41, 5.74) is 0.397. The summed E-state index contributed by atoms with van der Waals surface area (Å²) in [6.07, 6.45) is -0.857. The van der Waals surface area contributed by atoms with Crippen LogP contribution in [-0.2, 0) is 14.8 Å². The lowest BCUT2D eigenvalue weighted by atomic mass is 10.3. The van der Waals surface area contributed by atoms with Crippen molar-refractivity contribution in [3.8, 4) is 5.75 Å². The molecule has 30 heavy (non-hydrogen) atoms. The average molecular weight is 470 g/mol. The van der Waals surface area contributed by atoms with Crippen molar-refractivity contribution < 1.29 is 22.5 Å². The molecule has 0 bridgehead atoms. The first kappa shape index (κ1) is 21.9. The molecule has 0 radical (unpaired) electrons. The molecule has 158 valence electrons. The minimum atomic E-state index is -3.85. The van der Waals surface area contributed by atoms with Gasteiger partial charge in [0.2, 0.25) is 0 Å². The minimum absolute atomic E-state index is 0.00148. The molecule has 2 N–H and O–H groups in total. The zero-order valence-corrected chi connectivity index (χ0v) is 18.2. The molecule has 11 heteroatoms. The van der Waals surface area contributed by atoms with Crippen LogP contribution in [-0.4, -0.2) is 25.6 Å². The third-order valence-corrected chi connectivity index (χ3v) is 5.77. The molecule has 1 heterocycles. The highest BCUT2D eigenvalue weighted by Gasteiger charge is 2.19. The van der Waals surface area contributed by atoms with E-state index in [1.165, 1.54) is 36.4 Å². The molecule has 3 aromatic rings. The van der Waals surface area contributed by atoms with Gasteiger partial charge in [0.05, 0.1) is 9.92 Å². The van der Waals surface area contributed by atoms with E-state index >= 15 is 0 Å². The molecule has 0 saturated carbocycles. The summed E-state index contributed by atoms with van der Waals surface area (Å²) in [4.78, 5) is 12.4. The second kappa shape index (κ2) is 8.95. The van der Waals surface area contributed by atoms with Crippen molar-refractivity contribution in [2.45, 2.75) is 24.8 Å². The van der Waals surface area contributed by atoms with Gasteiger partial charge in [0.25, 0.3) is 15.9 Å². The van der Waals surface area contributed by atoms with E-state index in [1.54, 1.807) is 26.0 Å². The summed E-state index contributed by atoms with van der Waals surface area (Å²) >= 11 is 11.9. The topological polar surface area (TPSA) is 111 Å². The van der Waals surface area contributed by atoms with Gasteiger partial charge in [0.15, 0.2) is 11.9 Å². The number of nitrogens with one attached hydrogen (secondary N) is 2. The van der Waals surface area contributed by atoms with E-state index in [2.05, 4.69) is 15.2 Å². The Hall–Kier alpha value is -2.75. The van der Waals surface area contributed by atoms with Gasteiger partial charge in [-0.15, -0.1) is 0 Å². The first-order valence-corrected chi connectivity index (χ1v) is 10.9. The van der Waals surface area contributed by atoms with Crippen LogP contribution < -0.4 is 14.8 Å². The second-order valence-corrected chi connectivity index (χ2v) is 8.80. The minimum Gasteiger partial charge on any atom is -0.479 e. The SMILES string of the molecule is Cc1cc(NS(=O)(=O)c2ccc(NC(=O)[C@H](C)Oc3ccc(Cl)cc3Cl)cc2)no1. The van der Waals surface area contributed by atoms with E-state index in [9.17, 15) is 13.2 Å². The molecule has 2 aromatic carbocycles. The maximum absolute atomic E-state index is 12.4. The van der Waals surface area contributed by atoms with Crippen LogP contribution in [0.3, 0.4) is 0 Å². The molecule has 0 saturated heterocycles. The zero-order valence-electron chi connectivity index (χ0n) is 15.8. The summed E-state index contributed by atoms with van der Waals surface area (Å²) in [6, 6.07) is 11.8. The number of hydrogen-bond donors (Lipinski definition) is 2. The van der Waals surface area contributed by atoms with Gasteiger partial charge >= 0.3 is 0 Å². The molecule has 0 fully saturated rings. The predicted molar refractivity (Wildman–Crippen MR) is 114 cm³/mol. The van der Waals surface area contributed by atoms with Gasteiger partial charge in [-0.25, -0.2) is 8.42 Å². The van der Waals surface area contributed by atoms with Crippen LogP contribution in [0.25, 0.3) is 0 Å². The molecular formula is C19H17Cl2N3O5S. The van der Waals surface area contributed by atoms with Crippen LogP contribution in [0.4, 0.5) is 11.5 Å². The number of amides is 1. The van der Waals surface area contributed by atoms with Crippen molar-refractivity contribution in [3.63, 3.8) is 0 Å². The lowest BCUT2D eigenvalue weighted by Crippen LogP contribution is -2.30. The summed E-state index contributed by atoms with van der Waals surface area (Å²) in [5, 5.41) is 6.98. The normalized spacial score (nSPS) is 12.3. The Labute approximate surface area is 183 Å². The molecule has 0 unspecified atom stereocenters. The van der Waals surface area contributed by atoms with Crippen molar-refractivity contribution in [3.05, 3.63) is 64.3 Å². The highest BCUT2D eigenvalue weighted by atomic mass is 35.5. The van der Waals surface area contributed by atoms with Crippen molar-refractivity contribution in [1.29, 1.82) is 0 Å². The maximum Gasteiger partial charge on any atom is 0.265 e. The first-order chi connectivity index (χ1) is 14.1. The third kappa shape index (κ3) is 5.44. The number of anilines is 2. The lowest BCUT2D eigenvalue weighted by Gasteiger charge is -2.16. The Bertz CT molecular complexity index is 1160. The molecule has 1 amide bonds. The molecule has 0 aliphatic carbocycles. The molecule has 0 aliphatic rings. The van der Waals surface area contributed by atoms with Gasteiger partial charge in [-0.2, -0.15) is 0 Å². The van der Waals surface area contributed by atoms with E-state index in [-0.39, 0.29) is 15.7 Å². The van der Waals surface area contributed by atoms with Gasteiger partial charge < -0.3 is 14.6 Å². The van der Waals surface area contributed by atoms with Crippen LogP contribution in [0.1, 0.15) is 12.7 Å². The number of carbonyl (C=O) groups is 1. The molecule has 1 atom stereocenters.